The first-order chi connectivity index (χ1) is 17.1. The first-order valence-electron chi connectivity index (χ1n) is 11.1. The van der Waals surface area contributed by atoms with Crippen LogP contribution in [0.1, 0.15) is 46.0 Å². The van der Waals surface area contributed by atoms with Gasteiger partial charge in [0.15, 0.2) is 0 Å². The zero-order chi connectivity index (χ0) is 31.6. The van der Waals surface area contributed by atoms with Crippen LogP contribution in [-0.4, -0.2) is 69.4 Å². The van der Waals surface area contributed by atoms with Crippen LogP contribution in [0.2, 0.25) is 12.6 Å². The van der Waals surface area contributed by atoms with Gasteiger partial charge >= 0.3 is 56.2 Å². The van der Waals surface area contributed by atoms with Crippen molar-refractivity contribution in [2.75, 3.05) is 13.2 Å². The molecule has 0 saturated carbocycles. The van der Waals surface area contributed by atoms with Crippen LogP contribution in [0.3, 0.4) is 0 Å². The largest absolute Gasteiger partial charge is 0.460 e. The Balaban J connectivity index is 6.37. The third-order valence-corrected chi connectivity index (χ3v) is 8.28. The van der Waals surface area contributed by atoms with Crippen LogP contribution >= 0.6 is 0 Å². The van der Waals surface area contributed by atoms with Gasteiger partial charge < -0.3 is 8.85 Å². The Labute approximate surface area is 212 Å². The normalized spacial score (nSPS) is 15.7. The van der Waals surface area contributed by atoms with Gasteiger partial charge in [-0.15, -0.1) is 0 Å². The molecular formula is C19H25F17O2Si. The topological polar surface area (TPSA) is 18.5 Å². The Kier molecular flexibility index (Phi) is 11.7. The van der Waals surface area contributed by atoms with Gasteiger partial charge in [-0.3, -0.25) is 0 Å². The quantitative estimate of drug-likeness (QED) is 0.0902. The van der Waals surface area contributed by atoms with Gasteiger partial charge in [0.2, 0.25) is 0 Å². The highest BCUT2D eigenvalue weighted by Crippen LogP contribution is 2.64. The number of halogens is 17. The minimum atomic E-state index is -8.63. The number of hydrogen-bond donors (Lipinski definition) is 0. The molecule has 0 radical (unpaired) electrons. The van der Waals surface area contributed by atoms with E-state index in [0.29, 0.717) is 12.8 Å². The highest BCUT2D eigenvalue weighted by atomic mass is 28.4. The maximum Gasteiger partial charge on any atom is 0.460 e. The standard InChI is InChI=1S/C19H25F17O2Si/c1-4-6-9-37-39(3,38-10-7-5-2)11-8-12(20,21)13(22,23)14(24,25)15(26,27)16(28,29)17(30,31)18(32,33)19(34,35)36/h4-11H2,1-3H3. The second kappa shape index (κ2) is 12.0. The van der Waals surface area contributed by atoms with E-state index < -0.39 is 68.7 Å². The third-order valence-electron chi connectivity index (χ3n) is 5.49. The molecule has 0 rings (SSSR count). The minimum Gasteiger partial charge on any atom is -0.394 e. The molecular weight excluding hydrogens is 611 g/mol. The van der Waals surface area contributed by atoms with Gasteiger partial charge in [0.25, 0.3) is 0 Å². The Hall–Kier alpha value is -1.05. The second-order valence-electron chi connectivity index (χ2n) is 8.69. The summed E-state index contributed by atoms with van der Waals surface area (Å²) in [6, 6.07) is -1.36. The number of rotatable bonds is 17. The predicted molar refractivity (Wildman–Crippen MR) is 103 cm³/mol. The first kappa shape index (κ1) is 37.9. The van der Waals surface area contributed by atoms with Crippen molar-refractivity contribution in [1.29, 1.82) is 0 Å². The van der Waals surface area contributed by atoms with Crippen molar-refractivity contribution in [3.05, 3.63) is 0 Å². The smallest absolute Gasteiger partial charge is 0.394 e. The maximum absolute atomic E-state index is 14.2. The summed E-state index contributed by atoms with van der Waals surface area (Å²) in [6.07, 6.45) is -8.86. The fourth-order valence-electron chi connectivity index (χ4n) is 2.79. The Bertz CT molecular complexity index is 772. The van der Waals surface area contributed by atoms with Crippen molar-refractivity contribution in [2.24, 2.45) is 0 Å². The van der Waals surface area contributed by atoms with E-state index in [4.69, 9.17) is 8.85 Å². The van der Waals surface area contributed by atoms with Gasteiger partial charge in [0.1, 0.15) is 0 Å². The summed E-state index contributed by atoms with van der Waals surface area (Å²) in [6.45, 7) is 3.85. The molecule has 0 saturated heterocycles. The van der Waals surface area contributed by atoms with Crippen LogP contribution in [0, 0.1) is 0 Å². The average molecular weight is 636 g/mol. The van der Waals surface area contributed by atoms with Gasteiger partial charge in [0.05, 0.1) is 0 Å². The summed E-state index contributed by atoms with van der Waals surface area (Å²) in [5, 5.41) is 0. The zero-order valence-corrected chi connectivity index (χ0v) is 21.4. The molecule has 0 fully saturated rings. The summed E-state index contributed by atoms with van der Waals surface area (Å²) in [4.78, 5) is 0. The van der Waals surface area contributed by atoms with E-state index in [-0.39, 0.29) is 26.1 Å². The van der Waals surface area contributed by atoms with Crippen molar-refractivity contribution in [3.63, 3.8) is 0 Å². The van der Waals surface area contributed by atoms with E-state index >= 15 is 0 Å². The van der Waals surface area contributed by atoms with Gasteiger partial charge in [-0.25, -0.2) is 0 Å². The predicted octanol–water partition coefficient (Wildman–Crippen LogP) is 9.09. The number of hydrogen-bond acceptors (Lipinski definition) is 2. The lowest BCUT2D eigenvalue weighted by Crippen LogP contribution is -2.74. The SMILES string of the molecule is CCCCO[Si](C)(CCC(F)(F)C(F)(F)C(F)(F)C(F)(F)C(F)(F)C(F)(F)C(F)(F)C(F)(F)F)OCCCC. The fourth-order valence-corrected chi connectivity index (χ4v) is 5.08. The van der Waals surface area contributed by atoms with Crippen LogP contribution in [-0.2, 0) is 8.85 Å². The van der Waals surface area contributed by atoms with E-state index in [9.17, 15) is 74.6 Å². The van der Waals surface area contributed by atoms with Crippen LogP contribution in [0.25, 0.3) is 0 Å². The summed E-state index contributed by atoms with van der Waals surface area (Å²) in [5.41, 5.74) is 0. The molecule has 39 heavy (non-hydrogen) atoms. The molecule has 20 heteroatoms. The molecule has 0 bridgehead atoms. The van der Waals surface area contributed by atoms with Crippen molar-refractivity contribution < 1.29 is 83.5 Å². The maximum atomic E-state index is 14.2. The third kappa shape index (κ3) is 6.89. The summed E-state index contributed by atoms with van der Waals surface area (Å²) >= 11 is 0. The van der Waals surface area contributed by atoms with E-state index in [1.807, 2.05) is 0 Å². The molecule has 0 atom stereocenters. The monoisotopic (exact) mass is 636 g/mol. The lowest BCUT2D eigenvalue weighted by molar-refractivity contribution is -0.461. The Morgan fingerprint density at radius 1 is 0.487 bits per heavy atom. The lowest BCUT2D eigenvalue weighted by Gasteiger charge is -2.43. The van der Waals surface area contributed by atoms with Crippen LogP contribution in [0.15, 0.2) is 0 Å². The molecule has 0 aliphatic heterocycles. The van der Waals surface area contributed by atoms with E-state index in [1.54, 1.807) is 13.8 Å². The summed E-state index contributed by atoms with van der Waals surface area (Å²) in [7, 11) is -3.97. The average Bonchev–Trinajstić information content (AvgIpc) is 2.76. The molecule has 0 aliphatic carbocycles. The highest BCUT2D eigenvalue weighted by molar-refractivity contribution is 6.66. The van der Waals surface area contributed by atoms with Crippen molar-refractivity contribution in [2.45, 2.75) is 106 Å². The molecule has 236 valence electrons. The first-order valence-corrected chi connectivity index (χ1v) is 13.6. The van der Waals surface area contributed by atoms with Crippen molar-refractivity contribution in [1.82, 2.24) is 0 Å². The van der Waals surface area contributed by atoms with Gasteiger partial charge in [-0.05, 0) is 25.4 Å². The van der Waals surface area contributed by atoms with E-state index in [1.165, 1.54) is 0 Å². The fraction of sp³-hybridized carbons (Fsp3) is 1.00. The molecule has 0 aromatic rings. The molecule has 0 aromatic carbocycles. The van der Waals surface area contributed by atoms with Crippen LogP contribution in [0.5, 0.6) is 0 Å². The van der Waals surface area contributed by atoms with E-state index in [2.05, 4.69) is 0 Å². The lowest BCUT2D eigenvalue weighted by atomic mass is 9.88. The van der Waals surface area contributed by atoms with Crippen molar-refractivity contribution in [3.8, 4) is 0 Å². The highest BCUT2D eigenvalue weighted by Gasteiger charge is 2.95. The number of unbranched alkanes of at least 4 members (excludes halogenated alkanes) is 2. The van der Waals surface area contributed by atoms with Gasteiger partial charge in [-0.1, -0.05) is 26.7 Å². The van der Waals surface area contributed by atoms with Crippen LogP contribution in [0.4, 0.5) is 74.6 Å². The molecule has 0 unspecified atom stereocenters. The zero-order valence-electron chi connectivity index (χ0n) is 20.4. The van der Waals surface area contributed by atoms with Crippen molar-refractivity contribution >= 4 is 8.56 Å². The Morgan fingerprint density at radius 2 is 0.795 bits per heavy atom. The van der Waals surface area contributed by atoms with Crippen LogP contribution < -0.4 is 0 Å². The molecule has 0 aromatic heterocycles. The molecule has 0 aliphatic rings. The van der Waals surface area contributed by atoms with E-state index in [0.717, 1.165) is 6.55 Å². The number of alkyl halides is 17. The summed E-state index contributed by atoms with van der Waals surface area (Å²) < 4.78 is 238. The van der Waals surface area contributed by atoms with Gasteiger partial charge in [0, 0.05) is 19.6 Å². The molecule has 0 spiro atoms. The molecule has 0 amide bonds. The van der Waals surface area contributed by atoms with Gasteiger partial charge in [-0.2, -0.15) is 74.6 Å². The molecule has 0 N–H and O–H groups in total. The molecule has 2 nitrogen and oxygen atoms in total. The molecule has 0 heterocycles. The second-order valence-corrected chi connectivity index (χ2v) is 12.0. The summed E-state index contributed by atoms with van der Waals surface area (Å²) in [5.74, 6) is -56.3. The Morgan fingerprint density at radius 3 is 1.10 bits per heavy atom. The minimum absolute atomic E-state index is 0.212.